The fourth-order valence-electron chi connectivity index (χ4n) is 6.08. The third-order valence-corrected chi connectivity index (χ3v) is 8.37. The number of aromatic nitrogens is 2. The third-order valence-electron chi connectivity index (χ3n) is 8.37. The standard InChI is InChI=1S/C34H40N4O.ClH/c1-2-27-21-23-37(24-22-27)33(39)32(35)20-12-19-31-25-38(26-36-31)34(28-13-6-3-7-14-28,29-15-8-4-9-16-29)30-17-10-5-11-18-30;/h3-11,13-18,25-27,32H,2,12,19-24,35H2,1H3;1H. The van der Waals surface area contributed by atoms with Gasteiger partial charge in [0.2, 0.25) is 5.91 Å². The fraction of sp³-hybridized carbons (Fsp3) is 0.353. The number of nitrogens with two attached hydrogens (primary N) is 1. The quantitative estimate of drug-likeness (QED) is 0.228. The Hall–Kier alpha value is -3.41. The van der Waals surface area contributed by atoms with Gasteiger partial charge in [-0.3, -0.25) is 4.79 Å². The predicted molar refractivity (Wildman–Crippen MR) is 165 cm³/mol. The zero-order valence-corrected chi connectivity index (χ0v) is 24.2. The van der Waals surface area contributed by atoms with Crippen LogP contribution in [0.2, 0.25) is 0 Å². The highest BCUT2D eigenvalue weighted by molar-refractivity contribution is 5.85. The highest BCUT2D eigenvalue weighted by Gasteiger charge is 2.38. The first kappa shape index (κ1) is 29.6. The molecule has 4 aromatic rings. The van der Waals surface area contributed by atoms with E-state index in [1.807, 2.05) is 11.2 Å². The van der Waals surface area contributed by atoms with Gasteiger partial charge < -0.3 is 15.2 Å². The van der Waals surface area contributed by atoms with Crippen LogP contribution < -0.4 is 5.73 Å². The molecule has 2 heterocycles. The Morgan fingerprint density at radius 3 is 1.88 bits per heavy atom. The summed E-state index contributed by atoms with van der Waals surface area (Å²) < 4.78 is 2.24. The molecular formula is C34H41ClN4O. The molecule has 1 saturated heterocycles. The van der Waals surface area contributed by atoms with Crippen molar-refractivity contribution >= 4 is 18.3 Å². The Morgan fingerprint density at radius 1 is 0.900 bits per heavy atom. The average molecular weight is 557 g/mol. The number of hydrogen-bond donors (Lipinski definition) is 1. The van der Waals surface area contributed by atoms with Gasteiger partial charge in [-0.25, -0.2) is 4.98 Å². The lowest BCUT2D eigenvalue weighted by Crippen LogP contribution is -2.47. The van der Waals surface area contributed by atoms with E-state index in [1.165, 1.54) is 23.1 Å². The van der Waals surface area contributed by atoms with Gasteiger partial charge in [0.05, 0.1) is 18.1 Å². The minimum absolute atomic E-state index is 0. The Morgan fingerprint density at radius 2 is 1.40 bits per heavy atom. The first-order valence-electron chi connectivity index (χ1n) is 14.4. The van der Waals surface area contributed by atoms with Crippen molar-refractivity contribution in [3.8, 4) is 0 Å². The van der Waals surface area contributed by atoms with Gasteiger partial charge >= 0.3 is 0 Å². The topological polar surface area (TPSA) is 64.2 Å². The van der Waals surface area contributed by atoms with Gasteiger partial charge in [-0.05, 0) is 54.7 Å². The molecule has 40 heavy (non-hydrogen) atoms. The normalized spacial score (nSPS) is 14.9. The van der Waals surface area contributed by atoms with Crippen molar-refractivity contribution in [2.24, 2.45) is 11.7 Å². The molecule has 1 aliphatic rings. The third kappa shape index (κ3) is 6.16. The summed E-state index contributed by atoms with van der Waals surface area (Å²) in [5, 5.41) is 0. The minimum atomic E-state index is -0.563. The predicted octanol–water partition coefficient (Wildman–Crippen LogP) is 6.44. The van der Waals surface area contributed by atoms with Crippen LogP contribution in [0.3, 0.4) is 0 Å². The molecule has 0 aliphatic carbocycles. The lowest BCUT2D eigenvalue weighted by Gasteiger charge is -2.37. The number of likely N-dealkylation sites (tertiary alicyclic amines) is 1. The summed E-state index contributed by atoms with van der Waals surface area (Å²) >= 11 is 0. The van der Waals surface area contributed by atoms with Crippen molar-refractivity contribution in [2.75, 3.05) is 13.1 Å². The van der Waals surface area contributed by atoms with Crippen LogP contribution in [0.15, 0.2) is 104 Å². The molecule has 3 aromatic carbocycles. The second kappa shape index (κ2) is 13.8. The van der Waals surface area contributed by atoms with Gasteiger partial charge in [0.25, 0.3) is 0 Å². The van der Waals surface area contributed by atoms with Crippen LogP contribution in [0.1, 0.15) is 61.4 Å². The van der Waals surface area contributed by atoms with Gasteiger partial charge in [0, 0.05) is 19.3 Å². The molecule has 1 aromatic heterocycles. The zero-order valence-electron chi connectivity index (χ0n) is 23.4. The van der Waals surface area contributed by atoms with Crippen molar-refractivity contribution in [3.05, 3.63) is 126 Å². The maximum atomic E-state index is 12.9. The number of aryl methyl sites for hydroxylation is 1. The molecule has 5 nitrogen and oxygen atoms in total. The lowest BCUT2D eigenvalue weighted by molar-refractivity contribution is -0.134. The van der Waals surface area contributed by atoms with Crippen molar-refractivity contribution in [3.63, 3.8) is 0 Å². The zero-order chi connectivity index (χ0) is 27.1. The number of amides is 1. The molecule has 2 N–H and O–H groups in total. The molecule has 1 fully saturated rings. The van der Waals surface area contributed by atoms with E-state index in [0.29, 0.717) is 6.42 Å². The fourth-order valence-corrected chi connectivity index (χ4v) is 6.08. The molecule has 5 rings (SSSR count). The number of carbonyl (C=O) groups is 1. The van der Waals surface area contributed by atoms with Crippen LogP contribution in [0.25, 0.3) is 0 Å². The van der Waals surface area contributed by atoms with E-state index in [0.717, 1.165) is 50.4 Å². The summed E-state index contributed by atoms with van der Waals surface area (Å²) in [6, 6.07) is 31.4. The van der Waals surface area contributed by atoms with Crippen LogP contribution in [-0.4, -0.2) is 39.5 Å². The number of imidazole rings is 1. The summed E-state index contributed by atoms with van der Waals surface area (Å²) in [5.41, 5.74) is 10.3. The molecule has 0 spiro atoms. The summed E-state index contributed by atoms with van der Waals surface area (Å²) in [5.74, 6) is 0.849. The van der Waals surface area contributed by atoms with Crippen molar-refractivity contribution < 1.29 is 4.79 Å². The monoisotopic (exact) mass is 556 g/mol. The average Bonchev–Trinajstić information content (AvgIpc) is 3.48. The second-order valence-electron chi connectivity index (χ2n) is 10.8. The summed E-state index contributed by atoms with van der Waals surface area (Å²) in [6.45, 7) is 3.92. The van der Waals surface area contributed by atoms with Crippen LogP contribution in [0, 0.1) is 5.92 Å². The number of benzene rings is 3. The SMILES string of the molecule is CCC1CCN(C(=O)C(N)CCCc2cn(C(c3ccccc3)(c3ccccc3)c3ccccc3)cn2)CC1.Cl. The largest absolute Gasteiger partial charge is 0.341 e. The lowest BCUT2D eigenvalue weighted by atomic mass is 9.77. The molecule has 210 valence electrons. The van der Waals surface area contributed by atoms with Gasteiger partial charge in [0.15, 0.2) is 0 Å². The molecule has 1 amide bonds. The van der Waals surface area contributed by atoms with Crippen LogP contribution in [0.4, 0.5) is 0 Å². The Bertz CT molecular complexity index is 1220. The number of rotatable bonds is 10. The molecule has 1 unspecified atom stereocenters. The van der Waals surface area contributed by atoms with Gasteiger partial charge in [-0.1, -0.05) is 104 Å². The van der Waals surface area contributed by atoms with Gasteiger partial charge in [-0.2, -0.15) is 0 Å². The maximum Gasteiger partial charge on any atom is 0.239 e. The summed E-state index contributed by atoms with van der Waals surface area (Å²) in [4.78, 5) is 19.7. The Kier molecular flexibility index (Phi) is 10.2. The molecule has 1 aliphatic heterocycles. The molecule has 1 atom stereocenters. The minimum Gasteiger partial charge on any atom is -0.341 e. The highest BCUT2D eigenvalue weighted by atomic mass is 35.5. The van der Waals surface area contributed by atoms with E-state index >= 15 is 0 Å². The summed E-state index contributed by atoms with van der Waals surface area (Å²) in [6.07, 6.45) is 9.77. The van der Waals surface area contributed by atoms with E-state index in [2.05, 4.69) is 109 Å². The number of piperidine rings is 1. The molecule has 0 bridgehead atoms. The van der Waals surface area contributed by atoms with E-state index in [4.69, 9.17) is 10.7 Å². The van der Waals surface area contributed by atoms with E-state index < -0.39 is 11.6 Å². The molecule has 0 saturated carbocycles. The molecule has 0 radical (unpaired) electrons. The van der Waals surface area contributed by atoms with Crippen molar-refractivity contribution in [2.45, 2.75) is 57.0 Å². The number of halogens is 1. The first-order chi connectivity index (χ1) is 19.1. The number of hydrogen-bond acceptors (Lipinski definition) is 3. The van der Waals surface area contributed by atoms with E-state index in [1.54, 1.807) is 0 Å². The molecular weight excluding hydrogens is 516 g/mol. The number of nitrogens with zero attached hydrogens (tertiary/aromatic N) is 3. The molecule has 6 heteroatoms. The van der Waals surface area contributed by atoms with Gasteiger partial charge in [0.1, 0.15) is 5.54 Å². The van der Waals surface area contributed by atoms with Crippen molar-refractivity contribution in [1.29, 1.82) is 0 Å². The smallest absolute Gasteiger partial charge is 0.239 e. The Labute approximate surface area is 244 Å². The van der Waals surface area contributed by atoms with Crippen LogP contribution >= 0.6 is 12.4 Å². The summed E-state index contributed by atoms with van der Waals surface area (Å²) in [7, 11) is 0. The van der Waals surface area contributed by atoms with Crippen LogP contribution in [-0.2, 0) is 16.8 Å². The second-order valence-corrected chi connectivity index (χ2v) is 10.8. The van der Waals surface area contributed by atoms with Crippen molar-refractivity contribution in [1.82, 2.24) is 14.5 Å². The first-order valence-corrected chi connectivity index (χ1v) is 14.4. The Balaban J connectivity index is 0.00000370. The number of carbonyl (C=O) groups excluding carboxylic acids is 1. The van der Waals surface area contributed by atoms with Gasteiger partial charge in [-0.15, -0.1) is 12.4 Å². The maximum absolute atomic E-state index is 12.9. The van der Waals surface area contributed by atoms with E-state index in [9.17, 15) is 4.79 Å². The highest BCUT2D eigenvalue weighted by Crippen LogP contribution is 2.40. The van der Waals surface area contributed by atoms with Crippen LogP contribution in [0.5, 0.6) is 0 Å². The van der Waals surface area contributed by atoms with E-state index in [-0.39, 0.29) is 18.3 Å².